The molecule has 2 rings (SSSR count). The molecule has 0 saturated carbocycles. The summed E-state index contributed by atoms with van der Waals surface area (Å²) in [5.41, 5.74) is 1.07. The average Bonchev–Trinajstić information content (AvgIpc) is 2.71. The highest BCUT2D eigenvalue weighted by Crippen LogP contribution is 2.17. The van der Waals surface area contributed by atoms with E-state index in [4.69, 9.17) is 5.11 Å². The molecule has 1 fully saturated rings. The Bertz CT molecular complexity index is 457. The first kappa shape index (κ1) is 14.0. The number of likely N-dealkylation sites (tertiary alicyclic amines) is 1. The van der Waals surface area contributed by atoms with E-state index in [0.29, 0.717) is 18.2 Å². The lowest BCUT2D eigenvalue weighted by Gasteiger charge is -2.35. The maximum absolute atomic E-state index is 11.2. The third-order valence-corrected chi connectivity index (χ3v) is 3.91. The van der Waals surface area contributed by atoms with Crippen LogP contribution >= 0.6 is 0 Å². The molecule has 0 aliphatic carbocycles. The average molecular weight is 266 g/mol. The molecule has 1 aliphatic rings. The van der Waals surface area contributed by atoms with Crippen LogP contribution in [0.3, 0.4) is 0 Å². The summed E-state index contributed by atoms with van der Waals surface area (Å²) in [7, 11) is 5.98. The van der Waals surface area contributed by atoms with Gasteiger partial charge < -0.3 is 10.0 Å². The molecule has 1 saturated heterocycles. The monoisotopic (exact) mass is 266 g/mol. The van der Waals surface area contributed by atoms with Crippen LogP contribution in [0, 0.1) is 0 Å². The second-order valence-electron chi connectivity index (χ2n) is 5.41. The van der Waals surface area contributed by atoms with Crippen molar-refractivity contribution < 1.29 is 9.90 Å². The number of hydrogen-bond acceptors (Lipinski definition) is 4. The van der Waals surface area contributed by atoms with Crippen LogP contribution in [-0.4, -0.2) is 63.9 Å². The number of aryl methyl sites for hydroxylation is 1. The van der Waals surface area contributed by atoms with E-state index in [9.17, 15) is 4.79 Å². The summed E-state index contributed by atoms with van der Waals surface area (Å²) in [6.45, 7) is 2.81. The molecule has 106 valence electrons. The fraction of sp³-hybridized carbons (Fsp3) is 0.692. The van der Waals surface area contributed by atoms with E-state index in [1.807, 2.05) is 0 Å². The van der Waals surface area contributed by atoms with Gasteiger partial charge in [0.15, 0.2) is 0 Å². The van der Waals surface area contributed by atoms with Crippen LogP contribution in [0.1, 0.15) is 28.9 Å². The number of aromatic carboxylic acids is 1. The molecule has 6 nitrogen and oxygen atoms in total. The fourth-order valence-electron chi connectivity index (χ4n) is 2.69. The van der Waals surface area contributed by atoms with Crippen LogP contribution in [-0.2, 0) is 13.6 Å². The summed E-state index contributed by atoms with van der Waals surface area (Å²) >= 11 is 0. The van der Waals surface area contributed by atoms with Crippen molar-refractivity contribution in [3.05, 3.63) is 17.5 Å². The quantitative estimate of drug-likeness (QED) is 0.867. The number of aromatic nitrogens is 2. The second kappa shape index (κ2) is 5.71. The molecule has 0 aromatic carbocycles. The summed E-state index contributed by atoms with van der Waals surface area (Å²) < 4.78 is 1.66. The topological polar surface area (TPSA) is 61.6 Å². The first-order chi connectivity index (χ1) is 8.99. The van der Waals surface area contributed by atoms with Crippen LogP contribution in [0.2, 0.25) is 0 Å². The van der Waals surface area contributed by atoms with E-state index < -0.39 is 5.97 Å². The van der Waals surface area contributed by atoms with Gasteiger partial charge in [-0.2, -0.15) is 5.10 Å². The number of piperidine rings is 1. The first-order valence-electron chi connectivity index (χ1n) is 6.62. The Kier molecular flexibility index (Phi) is 4.21. The highest BCUT2D eigenvalue weighted by molar-refractivity contribution is 5.88. The molecule has 0 bridgehead atoms. The third kappa shape index (κ3) is 3.13. The van der Waals surface area contributed by atoms with E-state index in [2.05, 4.69) is 29.0 Å². The smallest absolute Gasteiger partial charge is 0.339 e. The summed E-state index contributed by atoms with van der Waals surface area (Å²) in [4.78, 5) is 15.7. The Balaban J connectivity index is 2.08. The Labute approximate surface area is 113 Å². The summed E-state index contributed by atoms with van der Waals surface area (Å²) in [6.07, 6.45) is 3.79. The Hall–Kier alpha value is -1.40. The van der Waals surface area contributed by atoms with E-state index in [1.165, 1.54) is 19.0 Å². The second-order valence-corrected chi connectivity index (χ2v) is 5.41. The van der Waals surface area contributed by atoms with Crippen molar-refractivity contribution in [2.75, 3.05) is 27.2 Å². The lowest BCUT2D eigenvalue weighted by atomic mass is 10.0. The molecule has 0 spiro atoms. The zero-order valence-corrected chi connectivity index (χ0v) is 11.8. The maximum atomic E-state index is 11.2. The van der Waals surface area contributed by atoms with Gasteiger partial charge >= 0.3 is 5.97 Å². The molecule has 1 aromatic rings. The van der Waals surface area contributed by atoms with Gasteiger partial charge in [0, 0.05) is 26.2 Å². The minimum atomic E-state index is -0.905. The number of carboxylic acids is 1. The fourth-order valence-corrected chi connectivity index (χ4v) is 2.69. The van der Waals surface area contributed by atoms with Gasteiger partial charge in [-0.25, -0.2) is 4.79 Å². The number of nitrogens with zero attached hydrogens (tertiary/aromatic N) is 4. The minimum absolute atomic E-state index is 0.304. The van der Waals surface area contributed by atoms with E-state index in [1.54, 1.807) is 11.7 Å². The molecule has 6 heteroatoms. The molecule has 0 radical (unpaired) electrons. The highest BCUT2D eigenvalue weighted by atomic mass is 16.4. The summed E-state index contributed by atoms with van der Waals surface area (Å²) in [6, 6.07) is 0.482. The highest BCUT2D eigenvalue weighted by Gasteiger charge is 2.24. The van der Waals surface area contributed by atoms with Crippen LogP contribution in [0.4, 0.5) is 0 Å². The van der Waals surface area contributed by atoms with Crippen molar-refractivity contribution in [3.8, 4) is 0 Å². The summed E-state index contributed by atoms with van der Waals surface area (Å²) in [5, 5.41) is 13.2. The SMILES string of the molecule is CN1CCCC(N(C)Cc2c(C(=O)O)cnn2C)C1. The van der Waals surface area contributed by atoms with Gasteiger partial charge in [0.2, 0.25) is 0 Å². The van der Waals surface area contributed by atoms with Crippen LogP contribution in [0.5, 0.6) is 0 Å². The standard InChI is InChI=1S/C13H22N4O2/c1-15-6-4-5-10(8-15)16(2)9-12-11(13(18)19)7-14-17(12)3/h7,10H,4-6,8-9H2,1-3H3,(H,18,19). The zero-order valence-electron chi connectivity index (χ0n) is 11.8. The van der Waals surface area contributed by atoms with Crippen molar-refractivity contribution in [1.82, 2.24) is 19.6 Å². The van der Waals surface area contributed by atoms with Gasteiger partial charge in [-0.05, 0) is 33.5 Å². The molecule has 2 heterocycles. The van der Waals surface area contributed by atoms with Gasteiger partial charge in [0.1, 0.15) is 5.56 Å². The number of carbonyl (C=O) groups is 1. The van der Waals surface area contributed by atoms with E-state index in [-0.39, 0.29) is 0 Å². The van der Waals surface area contributed by atoms with Gasteiger partial charge in [-0.15, -0.1) is 0 Å². The molecule has 1 aromatic heterocycles. The molecule has 19 heavy (non-hydrogen) atoms. The van der Waals surface area contributed by atoms with E-state index in [0.717, 1.165) is 18.8 Å². The number of carboxylic acid groups (broad SMARTS) is 1. The predicted octanol–water partition coefficient (Wildman–Crippen LogP) is 0.644. The minimum Gasteiger partial charge on any atom is -0.478 e. The van der Waals surface area contributed by atoms with Crippen molar-refractivity contribution >= 4 is 5.97 Å². The van der Waals surface area contributed by atoms with E-state index >= 15 is 0 Å². The Morgan fingerprint density at radius 1 is 1.58 bits per heavy atom. The molecular weight excluding hydrogens is 244 g/mol. The van der Waals surface area contributed by atoms with Gasteiger partial charge in [0.05, 0.1) is 11.9 Å². The Morgan fingerprint density at radius 2 is 2.32 bits per heavy atom. The predicted molar refractivity (Wildman–Crippen MR) is 72.2 cm³/mol. The lowest BCUT2D eigenvalue weighted by Crippen LogP contribution is -2.44. The van der Waals surface area contributed by atoms with Crippen molar-refractivity contribution in [1.29, 1.82) is 0 Å². The maximum Gasteiger partial charge on any atom is 0.339 e. The lowest BCUT2D eigenvalue weighted by molar-refractivity contribution is 0.0692. The van der Waals surface area contributed by atoms with Crippen molar-refractivity contribution in [3.63, 3.8) is 0 Å². The zero-order chi connectivity index (χ0) is 14.0. The van der Waals surface area contributed by atoms with Gasteiger partial charge in [-0.1, -0.05) is 0 Å². The molecule has 1 N–H and O–H groups in total. The van der Waals surface area contributed by atoms with Gasteiger partial charge in [0.25, 0.3) is 0 Å². The van der Waals surface area contributed by atoms with Crippen LogP contribution in [0.25, 0.3) is 0 Å². The van der Waals surface area contributed by atoms with Crippen LogP contribution < -0.4 is 0 Å². The largest absolute Gasteiger partial charge is 0.478 e. The Morgan fingerprint density at radius 3 is 2.95 bits per heavy atom. The molecule has 1 aliphatic heterocycles. The first-order valence-corrected chi connectivity index (χ1v) is 6.62. The summed E-state index contributed by atoms with van der Waals surface area (Å²) in [5.74, 6) is -0.905. The third-order valence-electron chi connectivity index (χ3n) is 3.91. The van der Waals surface area contributed by atoms with Crippen molar-refractivity contribution in [2.24, 2.45) is 7.05 Å². The normalized spacial score (nSPS) is 20.9. The van der Waals surface area contributed by atoms with Crippen LogP contribution in [0.15, 0.2) is 6.20 Å². The van der Waals surface area contributed by atoms with Gasteiger partial charge in [-0.3, -0.25) is 9.58 Å². The number of hydrogen-bond donors (Lipinski definition) is 1. The van der Waals surface area contributed by atoms with Crippen molar-refractivity contribution in [2.45, 2.75) is 25.4 Å². The molecular formula is C13H22N4O2. The molecule has 0 amide bonds. The molecule has 1 atom stereocenters. The molecule has 1 unspecified atom stereocenters. The number of likely N-dealkylation sites (N-methyl/N-ethyl adjacent to an activating group) is 2. The number of rotatable bonds is 4.